The van der Waals surface area contributed by atoms with Gasteiger partial charge in [-0.1, -0.05) is 35.9 Å². The molecule has 0 bridgehead atoms. The first-order valence-electron chi connectivity index (χ1n) is 7.42. The molecule has 120 valence electrons. The quantitative estimate of drug-likeness (QED) is 0.636. The molecule has 0 spiro atoms. The number of ether oxygens (including phenoxy) is 1. The largest absolute Gasteiger partial charge is 0.504 e. The molecule has 5 nitrogen and oxygen atoms in total. The molecule has 1 amide bonds. The highest BCUT2D eigenvalue weighted by molar-refractivity contribution is 5.86. The number of hydrazone groups is 1. The van der Waals surface area contributed by atoms with Crippen LogP contribution in [-0.4, -0.2) is 23.8 Å². The van der Waals surface area contributed by atoms with E-state index in [-0.39, 0.29) is 18.1 Å². The standard InChI is InChI=1S/C18H20N2O3/c1-3-23-16-6-4-5-15(18(16)22)12-19-20-17(21)11-14-9-7-13(2)8-10-14/h4-10,12,22H,3,11H2,1-2H3,(H,20,21). The number of rotatable bonds is 6. The average Bonchev–Trinajstić information content (AvgIpc) is 2.53. The lowest BCUT2D eigenvalue weighted by Crippen LogP contribution is -2.19. The highest BCUT2D eigenvalue weighted by Crippen LogP contribution is 2.28. The Balaban J connectivity index is 1.94. The van der Waals surface area contributed by atoms with E-state index in [1.165, 1.54) is 6.21 Å². The summed E-state index contributed by atoms with van der Waals surface area (Å²) < 4.78 is 5.29. The zero-order valence-electron chi connectivity index (χ0n) is 13.2. The number of nitrogens with one attached hydrogen (secondary N) is 1. The molecule has 0 heterocycles. The van der Waals surface area contributed by atoms with Gasteiger partial charge in [-0.15, -0.1) is 0 Å². The summed E-state index contributed by atoms with van der Waals surface area (Å²) in [7, 11) is 0. The number of hydrogen-bond donors (Lipinski definition) is 2. The lowest BCUT2D eigenvalue weighted by Gasteiger charge is -2.07. The molecule has 0 radical (unpaired) electrons. The third-order valence-corrected chi connectivity index (χ3v) is 3.21. The summed E-state index contributed by atoms with van der Waals surface area (Å²) in [5.41, 5.74) is 5.00. The van der Waals surface area contributed by atoms with Gasteiger partial charge < -0.3 is 9.84 Å². The van der Waals surface area contributed by atoms with Gasteiger partial charge in [-0.25, -0.2) is 5.43 Å². The van der Waals surface area contributed by atoms with Crippen molar-refractivity contribution in [2.75, 3.05) is 6.61 Å². The van der Waals surface area contributed by atoms with Gasteiger partial charge in [0.1, 0.15) is 0 Å². The Morgan fingerprint density at radius 1 is 1.26 bits per heavy atom. The molecule has 0 unspecified atom stereocenters. The van der Waals surface area contributed by atoms with E-state index in [0.717, 1.165) is 11.1 Å². The third kappa shape index (κ3) is 4.85. The second-order valence-corrected chi connectivity index (χ2v) is 5.08. The number of carbonyl (C=O) groups excluding carboxylic acids is 1. The molecule has 0 saturated heterocycles. The maximum absolute atomic E-state index is 11.8. The highest BCUT2D eigenvalue weighted by atomic mass is 16.5. The van der Waals surface area contributed by atoms with Gasteiger partial charge in [0.25, 0.3) is 0 Å². The SMILES string of the molecule is CCOc1cccc(C=NNC(=O)Cc2ccc(C)cc2)c1O. The Morgan fingerprint density at radius 3 is 2.70 bits per heavy atom. The molecular formula is C18H20N2O3. The van der Waals surface area contributed by atoms with Crippen molar-refractivity contribution >= 4 is 12.1 Å². The predicted molar refractivity (Wildman–Crippen MR) is 89.9 cm³/mol. The maximum atomic E-state index is 11.8. The summed E-state index contributed by atoms with van der Waals surface area (Å²) in [5, 5.41) is 13.9. The Morgan fingerprint density at radius 2 is 2.00 bits per heavy atom. The molecule has 0 atom stereocenters. The molecule has 0 fully saturated rings. The Bertz CT molecular complexity index is 694. The molecule has 2 rings (SSSR count). The van der Waals surface area contributed by atoms with Crippen LogP contribution in [0.2, 0.25) is 0 Å². The fraction of sp³-hybridized carbons (Fsp3) is 0.222. The van der Waals surface area contributed by atoms with Crippen molar-refractivity contribution in [2.45, 2.75) is 20.3 Å². The fourth-order valence-electron chi connectivity index (χ4n) is 2.02. The number of benzene rings is 2. The summed E-state index contributed by atoms with van der Waals surface area (Å²) in [4.78, 5) is 11.8. The minimum absolute atomic E-state index is 0.00545. The van der Waals surface area contributed by atoms with Crippen molar-refractivity contribution in [3.05, 3.63) is 59.2 Å². The number of carbonyl (C=O) groups is 1. The molecule has 0 aliphatic rings. The molecule has 0 aliphatic carbocycles. The van der Waals surface area contributed by atoms with E-state index in [4.69, 9.17) is 4.74 Å². The van der Waals surface area contributed by atoms with Gasteiger partial charge in [0.15, 0.2) is 11.5 Å². The number of phenols is 1. The van der Waals surface area contributed by atoms with Crippen LogP contribution in [0.1, 0.15) is 23.6 Å². The number of aryl methyl sites for hydroxylation is 1. The van der Waals surface area contributed by atoms with Crippen LogP contribution in [0.5, 0.6) is 11.5 Å². The van der Waals surface area contributed by atoms with Crippen molar-refractivity contribution in [2.24, 2.45) is 5.10 Å². The first kappa shape index (κ1) is 16.5. The van der Waals surface area contributed by atoms with Crippen molar-refractivity contribution in [3.63, 3.8) is 0 Å². The Kier molecular flexibility index (Phi) is 5.74. The van der Waals surface area contributed by atoms with E-state index >= 15 is 0 Å². The molecule has 0 aliphatic heterocycles. The maximum Gasteiger partial charge on any atom is 0.244 e. The first-order valence-corrected chi connectivity index (χ1v) is 7.42. The normalized spacial score (nSPS) is 10.7. The number of nitrogens with zero attached hydrogens (tertiary/aromatic N) is 1. The Labute approximate surface area is 135 Å². The lowest BCUT2D eigenvalue weighted by atomic mass is 10.1. The summed E-state index contributed by atoms with van der Waals surface area (Å²) in [5.74, 6) is 0.180. The van der Waals surface area contributed by atoms with E-state index in [0.29, 0.717) is 17.9 Å². The summed E-state index contributed by atoms with van der Waals surface area (Å²) in [6, 6.07) is 12.9. The van der Waals surface area contributed by atoms with Gasteiger partial charge in [-0.2, -0.15) is 5.10 Å². The molecule has 0 saturated carbocycles. The summed E-state index contributed by atoms with van der Waals surface area (Å²) in [6.07, 6.45) is 1.65. The van der Waals surface area contributed by atoms with Crippen LogP contribution in [0.15, 0.2) is 47.6 Å². The van der Waals surface area contributed by atoms with Crippen LogP contribution in [0.25, 0.3) is 0 Å². The summed E-state index contributed by atoms with van der Waals surface area (Å²) in [6.45, 7) is 4.30. The number of aromatic hydroxyl groups is 1. The topological polar surface area (TPSA) is 70.9 Å². The van der Waals surface area contributed by atoms with Crippen LogP contribution >= 0.6 is 0 Å². The first-order chi connectivity index (χ1) is 11.1. The minimum atomic E-state index is -0.217. The molecule has 2 N–H and O–H groups in total. The third-order valence-electron chi connectivity index (χ3n) is 3.21. The molecule has 2 aromatic carbocycles. The molecular weight excluding hydrogens is 292 g/mol. The van der Waals surface area contributed by atoms with Gasteiger partial charge in [-0.05, 0) is 31.5 Å². The highest BCUT2D eigenvalue weighted by Gasteiger charge is 2.06. The number of amides is 1. The number of para-hydroxylation sites is 1. The number of hydrogen-bond acceptors (Lipinski definition) is 4. The van der Waals surface area contributed by atoms with E-state index in [9.17, 15) is 9.90 Å². The van der Waals surface area contributed by atoms with Gasteiger partial charge >= 0.3 is 0 Å². The zero-order chi connectivity index (χ0) is 16.7. The van der Waals surface area contributed by atoms with Crippen LogP contribution in [-0.2, 0) is 11.2 Å². The molecule has 2 aromatic rings. The van der Waals surface area contributed by atoms with E-state index < -0.39 is 0 Å². The smallest absolute Gasteiger partial charge is 0.244 e. The van der Waals surface area contributed by atoms with Crippen molar-refractivity contribution in [1.82, 2.24) is 5.43 Å². The van der Waals surface area contributed by atoms with Crippen molar-refractivity contribution < 1.29 is 14.6 Å². The fourth-order valence-corrected chi connectivity index (χ4v) is 2.02. The van der Waals surface area contributed by atoms with Crippen molar-refractivity contribution in [1.29, 1.82) is 0 Å². The molecule has 0 aromatic heterocycles. The second-order valence-electron chi connectivity index (χ2n) is 5.08. The molecule has 5 heteroatoms. The van der Waals surface area contributed by atoms with Crippen LogP contribution in [0, 0.1) is 6.92 Å². The lowest BCUT2D eigenvalue weighted by molar-refractivity contribution is -0.120. The van der Waals surface area contributed by atoms with E-state index in [2.05, 4.69) is 10.5 Å². The molecule has 23 heavy (non-hydrogen) atoms. The number of phenolic OH excluding ortho intramolecular Hbond substituents is 1. The summed E-state index contributed by atoms with van der Waals surface area (Å²) >= 11 is 0. The van der Waals surface area contributed by atoms with Crippen LogP contribution in [0.4, 0.5) is 0 Å². The minimum Gasteiger partial charge on any atom is -0.504 e. The van der Waals surface area contributed by atoms with E-state index in [1.807, 2.05) is 38.1 Å². The van der Waals surface area contributed by atoms with Crippen molar-refractivity contribution in [3.8, 4) is 11.5 Å². The predicted octanol–water partition coefficient (Wildman–Crippen LogP) is 2.79. The van der Waals surface area contributed by atoms with Crippen LogP contribution < -0.4 is 10.2 Å². The zero-order valence-corrected chi connectivity index (χ0v) is 13.2. The monoisotopic (exact) mass is 312 g/mol. The Hall–Kier alpha value is -2.82. The van der Waals surface area contributed by atoms with E-state index in [1.54, 1.807) is 18.2 Å². The van der Waals surface area contributed by atoms with Crippen LogP contribution in [0.3, 0.4) is 0 Å². The second kappa shape index (κ2) is 7.98. The van der Waals surface area contributed by atoms with Gasteiger partial charge in [0.05, 0.1) is 19.2 Å². The van der Waals surface area contributed by atoms with Gasteiger partial charge in [0, 0.05) is 5.56 Å². The van der Waals surface area contributed by atoms with Gasteiger partial charge in [-0.3, -0.25) is 4.79 Å². The average molecular weight is 312 g/mol. The van der Waals surface area contributed by atoms with Gasteiger partial charge in [0.2, 0.25) is 5.91 Å².